The lowest BCUT2D eigenvalue weighted by Gasteiger charge is -2.02. The minimum absolute atomic E-state index is 0.279. The molecule has 10 heterocycles. The highest BCUT2D eigenvalue weighted by Gasteiger charge is 2.19. The van der Waals surface area contributed by atoms with Crippen LogP contribution in [0.4, 0.5) is 8.78 Å². The third-order valence-corrected chi connectivity index (χ3v) is 10.1. The quantitative estimate of drug-likeness (QED) is 0.106. The fourth-order valence-corrected chi connectivity index (χ4v) is 7.14. The molecule has 0 unspecified atom stereocenters. The zero-order chi connectivity index (χ0) is 42.9. The molecule has 0 aliphatic carbocycles. The third-order valence-electron chi connectivity index (χ3n) is 10.1. The van der Waals surface area contributed by atoms with Crippen LogP contribution in [0.15, 0.2) is 129 Å². The molecule has 12 rings (SSSR count). The lowest BCUT2D eigenvalue weighted by Crippen LogP contribution is -1.87. The standard InChI is InChI=1S/C22H13FN8.C21H13FN8.C2H6/c23-14-3-1-2-12(8-14)15-4-5-26-21-18(15)28-22(29-21)19-16-9-13(10-27-20(16)31-30-19)17-11-24-6-7-25-17;22-14-3-1-11(2-4-14)15-5-6-23-20-17(15)27-21(28-20)18-16-7-12(13-9-25-26-10-13)8-24-19(16)30-29-18;1-2/h1-11H,(H,26,28,29)(H,27,30,31);1-10H,(H,25,26)(H,23,27,28)(H,24,29,30);1-2H3. The van der Waals surface area contributed by atoms with Gasteiger partial charge in [-0.3, -0.25) is 25.3 Å². The molecule has 0 aliphatic rings. The molecule has 0 radical (unpaired) electrons. The van der Waals surface area contributed by atoms with Gasteiger partial charge in [-0.05, 0) is 59.7 Å². The van der Waals surface area contributed by atoms with Gasteiger partial charge in [-0.1, -0.05) is 38.1 Å². The maximum absolute atomic E-state index is 13.8. The predicted octanol–water partition coefficient (Wildman–Crippen LogP) is 9.28. The fraction of sp³-hybridized carbons (Fsp3) is 0.0444. The van der Waals surface area contributed by atoms with Gasteiger partial charge in [0.15, 0.2) is 34.2 Å². The number of aromatic amines is 5. The molecule has 10 aromatic heterocycles. The van der Waals surface area contributed by atoms with Crippen LogP contribution < -0.4 is 0 Å². The number of pyridine rings is 4. The number of fused-ring (bicyclic) bond motifs is 4. The zero-order valence-electron chi connectivity index (χ0n) is 33.3. The number of aromatic nitrogens is 16. The molecule has 0 spiro atoms. The molecule has 18 heteroatoms. The van der Waals surface area contributed by atoms with Crippen molar-refractivity contribution < 1.29 is 8.78 Å². The molecular weight excluding hydrogens is 803 g/mol. The van der Waals surface area contributed by atoms with Crippen molar-refractivity contribution in [2.45, 2.75) is 13.8 Å². The van der Waals surface area contributed by atoms with Crippen LogP contribution in [0, 0.1) is 11.6 Å². The maximum atomic E-state index is 13.8. The minimum Gasteiger partial charge on any atom is -0.335 e. The van der Waals surface area contributed by atoms with E-state index in [4.69, 9.17) is 0 Å². The van der Waals surface area contributed by atoms with E-state index in [1.54, 1.807) is 67.8 Å². The molecule has 0 atom stereocenters. The Labute approximate surface area is 354 Å². The van der Waals surface area contributed by atoms with E-state index in [0.29, 0.717) is 56.8 Å². The van der Waals surface area contributed by atoms with Crippen LogP contribution in [0.25, 0.3) is 112 Å². The summed E-state index contributed by atoms with van der Waals surface area (Å²) in [6.45, 7) is 4.00. The van der Waals surface area contributed by atoms with E-state index in [-0.39, 0.29) is 11.6 Å². The Hall–Kier alpha value is -8.93. The second-order valence-corrected chi connectivity index (χ2v) is 13.8. The summed E-state index contributed by atoms with van der Waals surface area (Å²) >= 11 is 0. The first-order valence-corrected chi connectivity index (χ1v) is 19.7. The van der Waals surface area contributed by atoms with E-state index in [1.165, 1.54) is 24.3 Å². The van der Waals surface area contributed by atoms with Gasteiger partial charge in [0.2, 0.25) is 0 Å². The summed E-state index contributed by atoms with van der Waals surface area (Å²) in [5.74, 6) is 0.580. The number of H-pyrrole nitrogens is 5. The highest BCUT2D eigenvalue weighted by molar-refractivity contribution is 5.97. The molecule has 0 fully saturated rings. The predicted molar refractivity (Wildman–Crippen MR) is 234 cm³/mol. The van der Waals surface area contributed by atoms with Crippen LogP contribution in [-0.4, -0.2) is 80.4 Å². The molecule has 0 bridgehead atoms. The Morgan fingerprint density at radius 2 is 1.13 bits per heavy atom. The highest BCUT2D eigenvalue weighted by Crippen LogP contribution is 2.34. The van der Waals surface area contributed by atoms with Crippen LogP contribution in [0.2, 0.25) is 0 Å². The normalized spacial score (nSPS) is 11.2. The summed E-state index contributed by atoms with van der Waals surface area (Å²) in [6, 6.07) is 20.4. The molecule has 12 aromatic rings. The van der Waals surface area contributed by atoms with Gasteiger partial charge < -0.3 is 9.97 Å². The van der Waals surface area contributed by atoms with E-state index in [9.17, 15) is 8.78 Å². The first-order chi connectivity index (χ1) is 31.0. The monoisotopic (exact) mass is 834 g/mol. The zero-order valence-corrected chi connectivity index (χ0v) is 33.3. The van der Waals surface area contributed by atoms with Gasteiger partial charge in [0.05, 0.1) is 39.9 Å². The molecule has 0 saturated carbocycles. The molecule has 0 aliphatic heterocycles. The Morgan fingerprint density at radius 3 is 1.73 bits per heavy atom. The smallest absolute Gasteiger partial charge is 0.181 e. The van der Waals surface area contributed by atoms with Crippen molar-refractivity contribution in [1.29, 1.82) is 0 Å². The van der Waals surface area contributed by atoms with Crippen LogP contribution in [0.5, 0.6) is 0 Å². The van der Waals surface area contributed by atoms with E-state index in [0.717, 1.165) is 55.2 Å². The average molecular weight is 835 g/mol. The van der Waals surface area contributed by atoms with E-state index in [1.807, 2.05) is 50.4 Å². The largest absolute Gasteiger partial charge is 0.335 e. The number of benzene rings is 2. The number of nitrogens with one attached hydrogen (secondary N) is 5. The summed E-state index contributed by atoms with van der Waals surface area (Å²) in [7, 11) is 0. The van der Waals surface area contributed by atoms with Crippen LogP contribution in [0.3, 0.4) is 0 Å². The summed E-state index contributed by atoms with van der Waals surface area (Å²) in [5, 5.41) is 23.0. The Kier molecular flexibility index (Phi) is 9.88. The lowest BCUT2D eigenvalue weighted by atomic mass is 10.1. The van der Waals surface area contributed by atoms with Crippen molar-refractivity contribution in [2.75, 3.05) is 0 Å². The SMILES string of the molecule is CC.Fc1ccc(-c2ccnc3nc(-c4[nH]nc5ncc(-c6cn[nH]c6)cc45)[nH]c23)cc1.Fc1cccc(-c2ccnc3nc(-c4[nH]nc5ncc(-c6cnccn6)cc45)[nH]c23)c1. The van der Waals surface area contributed by atoms with Gasteiger partial charge in [-0.15, -0.1) is 0 Å². The molecule has 2 aromatic carbocycles. The van der Waals surface area contributed by atoms with Gasteiger partial charge in [-0.2, -0.15) is 15.3 Å². The summed E-state index contributed by atoms with van der Waals surface area (Å²) in [6.07, 6.45) is 15.3. The minimum atomic E-state index is -0.302. The van der Waals surface area contributed by atoms with Crippen molar-refractivity contribution in [3.63, 3.8) is 0 Å². The van der Waals surface area contributed by atoms with E-state index >= 15 is 0 Å². The number of nitrogens with zero attached hydrogens (tertiary/aromatic N) is 11. The van der Waals surface area contributed by atoms with Crippen molar-refractivity contribution in [3.8, 4) is 67.7 Å². The second-order valence-electron chi connectivity index (χ2n) is 13.8. The molecule has 0 saturated heterocycles. The molecule has 0 amide bonds. The van der Waals surface area contributed by atoms with E-state index in [2.05, 4.69) is 80.4 Å². The van der Waals surface area contributed by atoms with Crippen molar-refractivity contribution in [3.05, 3.63) is 140 Å². The Bertz CT molecular complexity index is 3520. The number of hydrogen-bond donors (Lipinski definition) is 5. The molecule has 63 heavy (non-hydrogen) atoms. The van der Waals surface area contributed by atoms with Gasteiger partial charge in [0.1, 0.15) is 23.0 Å². The first-order valence-electron chi connectivity index (χ1n) is 19.7. The topological polar surface area (TPSA) is 221 Å². The van der Waals surface area contributed by atoms with Gasteiger partial charge in [-0.25, -0.2) is 38.7 Å². The first kappa shape index (κ1) is 38.3. The van der Waals surface area contributed by atoms with E-state index < -0.39 is 0 Å². The van der Waals surface area contributed by atoms with Gasteiger partial charge >= 0.3 is 0 Å². The third kappa shape index (κ3) is 7.26. The van der Waals surface area contributed by atoms with Crippen LogP contribution in [-0.2, 0) is 0 Å². The van der Waals surface area contributed by atoms with Crippen molar-refractivity contribution in [2.24, 2.45) is 0 Å². The maximum Gasteiger partial charge on any atom is 0.181 e. The number of hydrogen-bond acceptors (Lipinski definition) is 11. The fourth-order valence-electron chi connectivity index (χ4n) is 7.14. The van der Waals surface area contributed by atoms with Gasteiger partial charge in [0.25, 0.3) is 0 Å². The molecule has 306 valence electrons. The number of rotatable bonds is 6. The average Bonchev–Trinajstić information content (AvgIpc) is 4.19. The highest BCUT2D eigenvalue weighted by atomic mass is 19.1. The Balaban J connectivity index is 0.000000144. The summed E-state index contributed by atoms with van der Waals surface area (Å²) < 4.78 is 27.1. The summed E-state index contributed by atoms with van der Waals surface area (Å²) in [5.41, 5.74) is 11.8. The van der Waals surface area contributed by atoms with Crippen LogP contribution in [0.1, 0.15) is 13.8 Å². The van der Waals surface area contributed by atoms with Crippen molar-refractivity contribution in [1.82, 2.24) is 80.4 Å². The second kappa shape index (κ2) is 16.3. The van der Waals surface area contributed by atoms with Gasteiger partial charge in [0, 0.05) is 71.2 Å². The Morgan fingerprint density at radius 1 is 0.492 bits per heavy atom. The number of halogens is 2. The number of imidazole rings is 2. The summed E-state index contributed by atoms with van der Waals surface area (Å²) in [4.78, 5) is 42.0. The van der Waals surface area contributed by atoms with Crippen molar-refractivity contribution >= 4 is 44.4 Å². The molecule has 16 nitrogen and oxygen atoms in total. The van der Waals surface area contributed by atoms with Crippen LogP contribution >= 0.6 is 0 Å². The molecule has 5 N–H and O–H groups in total. The molecular formula is C45H32F2N16. The lowest BCUT2D eigenvalue weighted by molar-refractivity contribution is 0.628.